The van der Waals surface area contributed by atoms with E-state index in [9.17, 15) is 14.4 Å². The third-order valence-electron chi connectivity index (χ3n) is 2.28. The zero-order valence-electron chi connectivity index (χ0n) is 11.3. The highest BCUT2D eigenvalue weighted by Crippen LogP contribution is 2.21. The van der Waals surface area contributed by atoms with Crippen molar-refractivity contribution in [3.63, 3.8) is 0 Å². The number of aryl methyl sites for hydroxylation is 1. The van der Waals surface area contributed by atoms with Gasteiger partial charge in [-0.3, -0.25) is 14.9 Å². The highest BCUT2D eigenvalue weighted by atomic mass is 32.2. The Morgan fingerprint density at radius 1 is 1.25 bits per heavy atom. The van der Waals surface area contributed by atoms with Crippen LogP contribution < -0.4 is 10.6 Å². The Labute approximate surface area is 121 Å². The number of amides is 3. The molecule has 0 radical (unpaired) electrons. The molecule has 0 aliphatic carbocycles. The van der Waals surface area contributed by atoms with Gasteiger partial charge in [0.25, 0.3) is 5.91 Å². The molecule has 0 aliphatic rings. The summed E-state index contributed by atoms with van der Waals surface area (Å²) < 4.78 is 4.76. The summed E-state index contributed by atoms with van der Waals surface area (Å²) in [7, 11) is 1.38. The molecular formula is C13H16N2O4S. The Morgan fingerprint density at radius 3 is 2.60 bits per heavy atom. The molecule has 3 amide bonds. The maximum Gasteiger partial charge on any atom is 0.321 e. The van der Waals surface area contributed by atoms with Gasteiger partial charge >= 0.3 is 12.0 Å². The standard InChI is InChI=1S/C13H16N2O4S/c1-9-5-3-4-6-10(9)20-8-12(17)19-7-11(16)15-13(18)14-2/h3-6H,7-8H2,1-2H3,(H2,14,15,16,18). The van der Waals surface area contributed by atoms with Gasteiger partial charge in [0.2, 0.25) is 0 Å². The van der Waals surface area contributed by atoms with Gasteiger partial charge in [-0.2, -0.15) is 0 Å². The molecule has 1 aromatic carbocycles. The lowest BCUT2D eigenvalue weighted by Gasteiger charge is -2.06. The van der Waals surface area contributed by atoms with Gasteiger partial charge in [-0.05, 0) is 18.6 Å². The van der Waals surface area contributed by atoms with Crippen molar-refractivity contribution >= 4 is 29.7 Å². The molecule has 2 N–H and O–H groups in total. The summed E-state index contributed by atoms with van der Waals surface area (Å²) in [6.45, 7) is 1.48. The van der Waals surface area contributed by atoms with Crippen LogP contribution in [0, 0.1) is 6.92 Å². The minimum atomic E-state index is -0.668. The SMILES string of the molecule is CNC(=O)NC(=O)COC(=O)CSc1ccccc1C. The Hall–Kier alpha value is -2.02. The van der Waals surface area contributed by atoms with E-state index >= 15 is 0 Å². The number of hydrogen-bond donors (Lipinski definition) is 2. The first-order chi connectivity index (χ1) is 9.52. The number of nitrogens with one attached hydrogen (secondary N) is 2. The van der Waals surface area contributed by atoms with E-state index in [1.165, 1.54) is 18.8 Å². The fourth-order valence-corrected chi connectivity index (χ4v) is 2.10. The Kier molecular flexibility index (Phi) is 6.58. The normalized spacial score (nSPS) is 9.70. The van der Waals surface area contributed by atoms with Gasteiger partial charge in [-0.1, -0.05) is 18.2 Å². The van der Waals surface area contributed by atoms with Crippen LogP contribution in [0.3, 0.4) is 0 Å². The third kappa shape index (κ3) is 5.75. The van der Waals surface area contributed by atoms with Gasteiger partial charge in [0, 0.05) is 11.9 Å². The van der Waals surface area contributed by atoms with Crippen molar-refractivity contribution in [1.82, 2.24) is 10.6 Å². The molecule has 0 bridgehead atoms. The maximum atomic E-state index is 11.5. The first-order valence-electron chi connectivity index (χ1n) is 5.88. The monoisotopic (exact) mass is 296 g/mol. The maximum absolute atomic E-state index is 11.5. The molecule has 108 valence electrons. The van der Waals surface area contributed by atoms with Crippen molar-refractivity contribution in [2.45, 2.75) is 11.8 Å². The molecule has 6 nitrogen and oxygen atoms in total. The first kappa shape index (κ1) is 16.0. The highest BCUT2D eigenvalue weighted by molar-refractivity contribution is 8.00. The van der Waals surface area contributed by atoms with Crippen LogP contribution >= 0.6 is 11.8 Å². The van der Waals surface area contributed by atoms with Crippen LogP contribution in [0.15, 0.2) is 29.2 Å². The molecule has 1 rings (SSSR count). The van der Waals surface area contributed by atoms with Crippen molar-refractivity contribution < 1.29 is 19.1 Å². The number of carbonyl (C=O) groups is 3. The van der Waals surface area contributed by atoms with Crippen molar-refractivity contribution in [2.24, 2.45) is 0 Å². The molecule has 7 heteroatoms. The van der Waals surface area contributed by atoms with Gasteiger partial charge in [0.05, 0.1) is 5.75 Å². The number of ether oxygens (including phenoxy) is 1. The zero-order chi connectivity index (χ0) is 15.0. The van der Waals surface area contributed by atoms with Crippen LogP contribution in [-0.4, -0.2) is 37.3 Å². The number of carbonyl (C=O) groups excluding carboxylic acids is 3. The second-order valence-electron chi connectivity index (χ2n) is 3.84. The molecule has 0 spiro atoms. The number of rotatable bonds is 5. The van der Waals surface area contributed by atoms with Crippen molar-refractivity contribution in [3.8, 4) is 0 Å². The number of imide groups is 1. The summed E-state index contributed by atoms with van der Waals surface area (Å²) in [5.74, 6) is -1.07. The number of hydrogen-bond acceptors (Lipinski definition) is 5. The number of thioether (sulfide) groups is 1. The number of benzene rings is 1. The molecule has 0 saturated carbocycles. The molecule has 1 aromatic rings. The predicted molar refractivity (Wildman–Crippen MR) is 75.5 cm³/mol. The lowest BCUT2D eigenvalue weighted by molar-refractivity contribution is -0.145. The van der Waals surface area contributed by atoms with Gasteiger partial charge in [-0.25, -0.2) is 4.79 Å². The van der Waals surface area contributed by atoms with Crippen molar-refractivity contribution in [3.05, 3.63) is 29.8 Å². The van der Waals surface area contributed by atoms with Gasteiger partial charge < -0.3 is 10.1 Å². The summed E-state index contributed by atoms with van der Waals surface area (Å²) in [5, 5.41) is 4.22. The van der Waals surface area contributed by atoms with Crippen LogP contribution in [0.4, 0.5) is 4.79 Å². The minimum Gasteiger partial charge on any atom is -0.455 e. The van der Waals surface area contributed by atoms with Gasteiger partial charge in [0.1, 0.15) is 0 Å². The van der Waals surface area contributed by atoms with Crippen LogP contribution in [-0.2, 0) is 14.3 Å². The predicted octanol–water partition coefficient (Wildman–Crippen LogP) is 1.09. The second-order valence-corrected chi connectivity index (χ2v) is 4.86. The smallest absolute Gasteiger partial charge is 0.321 e. The van der Waals surface area contributed by atoms with Crippen molar-refractivity contribution in [1.29, 1.82) is 0 Å². The van der Waals surface area contributed by atoms with E-state index in [0.717, 1.165) is 10.5 Å². The Balaban J connectivity index is 2.29. The molecule has 0 aromatic heterocycles. The molecular weight excluding hydrogens is 280 g/mol. The summed E-state index contributed by atoms with van der Waals surface area (Å²) in [6.07, 6.45) is 0. The average molecular weight is 296 g/mol. The summed E-state index contributed by atoms with van der Waals surface area (Å²) in [5.41, 5.74) is 1.07. The lowest BCUT2D eigenvalue weighted by Crippen LogP contribution is -2.39. The summed E-state index contributed by atoms with van der Waals surface area (Å²) in [4.78, 5) is 34.5. The zero-order valence-corrected chi connectivity index (χ0v) is 12.1. The van der Waals surface area contributed by atoms with Crippen LogP contribution in [0.2, 0.25) is 0 Å². The highest BCUT2D eigenvalue weighted by Gasteiger charge is 2.10. The summed E-state index contributed by atoms with van der Waals surface area (Å²) >= 11 is 1.34. The van der Waals surface area contributed by atoms with E-state index in [4.69, 9.17) is 4.74 Å². The third-order valence-corrected chi connectivity index (χ3v) is 3.43. The number of urea groups is 1. The van der Waals surface area contributed by atoms with E-state index in [1.54, 1.807) is 0 Å². The lowest BCUT2D eigenvalue weighted by atomic mass is 10.2. The molecule has 0 unspecified atom stereocenters. The summed E-state index contributed by atoms with van der Waals surface area (Å²) in [6, 6.07) is 7.02. The van der Waals surface area contributed by atoms with Crippen molar-refractivity contribution in [2.75, 3.05) is 19.4 Å². The minimum absolute atomic E-state index is 0.109. The molecule has 0 heterocycles. The van der Waals surface area contributed by atoms with Gasteiger partial charge in [-0.15, -0.1) is 11.8 Å². The molecule has 0 atom stereocenters. The fraction of sp³-hybridized carbons (Fsp3) is 0.308. The molecule has 20 heavy (non-hydrogen) atoms. The second kappa shape index (κ2) is 8.21. The van der Waals surface area contributed by atoms with Gasteiger partial charge in [0.15, 0.2) is 6.61 Å². The largest absolute Gasteiger partial charge is 0.455 e. The fourth-order valence-electron chi connectivity index (χ4n) is 1.27. The number of esters is 1. The van der Waals surface area contributed by atoms with Crippen LogP contribution in [0.1, 0.15) is 5.56 Å². The van der Waals surface area contributed by atoms with E-state index < -0.39 is 24.5 Å². The molecule has 0 aliphatic heterocycles. The Morgan fingerprint density at radius 2 is 1.95 bits per heavy atom. The van der Waals surface area contributed by atoms with E-state index in [0.29, 0.717) is 0 Å². The van der Waals surface area contributed by atoms with Crippen LogP contribution in [0.25, 0.3) is 0 Å². The van der Waals surface area contributed by atoms with Crippen LogP contribution in [0.5, 0.6) is 0 Å². The topological polar surface area (TPSA) is 84.5 Å². The van der Waals surface area contributed by atoms with E-state index in [1.807, 2.05) is 36.5 Å². The molecule has 0 saturated heterocycles. The average Bonchev–Trinajstić information content (AvgIpc) is 2.44. The van der Waals surface area contributed by atoms with E-state index in [-0.39, 0.29) is 5.75 Å². The van der Waals surface area contributed by atoms with E-state index in [2.05, 4.69) is 5.32 Å². The quantitative estimate of drug-likeness (QED) is 0.627. The Bertz CT molecular complexity index is 505. The molecule has 0 fully saturated rings. The first-order valence-corrected chi connectivity index (χ1v) is 6.87.